The average molecular weight is 216 g/mol. The molecule has 0 atom stereocenters. The van der Waals surface area contributed by atoms with E-state index in [1.165, 1.54) is 0 Å². The average Bonchev–Trinajstić information content (AvgIpc) is 2.62. The highest BCUT2D eigenvalue weighted by atomic mass is 15.3. The molecular weight excluding hydrogens is 200 g/mol. The lowest BCUT2D eigenvalue weighted by Crippen LogP contribution is -2.00. The molecule has 1 heterocycles. The molecule has 0 radical (unpaired) electrons. The molecule has 0 aliphatic heterocycles. The standard InChI is InChI=1S/C12H16N4/c1-8(2)12-14-9(3)16(15-12)11-6-4-10(13)5-7-11/h4-8H,13H2,1-3H3. The quantitative estimate of drug-likeness (QED) is 0.783. The molecule has 0 amide bonds. The first-order chi connectivity index (χ1) is 7.58. The number of aryl methyl sites for hydroxylation is 1. The maximum Gasteiger partial charge on any atom is 0.153 e. The van der Waals surface area contributed by atoms with E-state index in [4.69, 9.17) is 5.73 Å². The zero-order valence-corrected chi connectivity index (χ0v) is 9.81. The largest absolute Gasteiger partial charge is 0.399 e. The summed E-state index contributed by atoms with van der Waals surface area (Å²) in [7, 11) is 0. The van der Waals surface area contributed by atoms with Crippen LogP contribution in [0.5, 0.6) is 0 Å². The molecule has 0 fully saturated rings. The Morgan fingerprint density at radius 1 is 1.19 bits per heavy atom. The van der Waals surface area contributed by atoms with E-state index in [9.17, 15) is 0 Å². The summed E-state index contributed by atoms with van der Waals surface area (Å²) in [5.74, 6) is 2.11. The van der Waals surface area contributed by atoms with E-state index in [-0.39, 0.29) is 0 Å². The molecule has 4 heteroatoms. The van der Waals surface area contributed by atoms with Gasteiger partial charge in [0.05, 0.1) is 5.69 Å². The van der Waals surface area contributed by atoms with Crippen molar-refractivity contribution in [3.63, 3.8) is 0 Å². The van der Waals surface area contributed by atoms with Crippen molar-refractivity contribution in [2.45, 2.75) is 26.7 Å². The van der Waals surface area contributed by atoms with Crippen molar-refractivity contribution >= 4 is 5.69 Å². The zero-order valence-electron chi connectivity index (χ0n) is 9.81. The van der Waals surface area contributed by atoms with E-state index in [1.54, 1.807) is 0 Å². The number of hydrogen-bond donors (Lipinski definition) is 1. The van der Waals surface area contributed by atoms with Crippen LogP contribution >= 0.6 is 0 Å². The van der Waals surface area contributed by atoms with Gasteiger partial charge in [-0.1, -0.05) is 13.8 Å². The summed E-state index contributed by atoms with van der Waals surface area (Å²) >= 11 is 0. The summed E-state index contributed by atoms with van der Waals surface area (Å²) in [6.07, 6.45) is 0. The van der Waals surface area contributed by atoms with Crippen molar-refractivity contribution in [1.29, 1.82) is 0 Å². The van der Waals surface area contributed by atoms with Crippen LogP contribution in [0.2, 0.25) is 0 Å². The number of nitrogens with two attached hydrogens (primary N) is 1. The van der Waals surface area contributed by atoms with Crippen molar-refractivity contribution in [3.05, 3.63) is 35.9 Å². The van der Waals surface area contributed by atoms with Crippen molar-refractivity contribution in [3.8, 4) is 5.69 Å². The van der Waals surface area contributed by atoms with Gasteiger partial charge in [0.1, 0.15) is 5.82 Å². The molecule has 2 N–H and O–H groups in total. The van der Waals surface area contributed by atoms with Gasteiger partial charge in [0, 0.05) is 11.6 Å². The highest BCUT2D eigenvalue weighted by Gasteiger charge is 2.10. The van der Waals surface area contributed by atoms with Gasteiger partial charge in [-0.2, -0.15) is 5.10 Å². The lowest BCUT2D eigenvalue weighted by molar-refractivity contribution is 0.751. The molecule has 84 valence electrons. The Kier molecular flexibility index (Phi) is 2.64. The van der Waals surface area contributed by atoms with Crippen LogP contribution < -0.4 is 5.73 Å². The Morgan fingerprint density at radius 3 is 2.31 bits per heavy atom. The van der Waals surface area contributed by atoms with Crippen LogP contribution in [0.3, 0.4) is 0 Å². The number of rotatable bonds is 2. The van der Waals surface area contributed by atoms with Crippen LogP contribution in [0.1, 0.15) is 31.4 Å². The minimum absolute atomic E-state index is 0.341. The zero-order chi connectivity index (χ0) is 11.7. The van der Waals surface area contributed by atoms with Crippen LogP contribution in [0.25, 0.3) is 5.69 Å². The molecular formula is C12H16N4. The highest BCUT2D eigenvalue weighted by Crippen LogP contribution is 2.15. The molecule has 1 aromatic carbocycles. The molecule has 1 aromatic heterocycles. The van der Waals surface area contributed by atoms with Crippen LogP contribution in [0, 0.1) is 6.92 Å². The summed E-state index contributed by atoms with van der Waals surface area (Å²) < 4.78 is 1.84. The van der Waals surface area contributed by atoms with E-state index in [0.29, 0.717) is 5.92 Å². The fourth-order valence-corrected chi connectivity index (χ4v) is 1.51. The Labute approximate surface area is 95.1 Å². The SMILES string of the molecule is Cc1nc(C(C)C)nn1-c1ccc(N)cc1. The molecule has 16 heavy (non-hydrogen) atoms. The second-order valence-electron chi connectivity index (χ2n) is 4.18. The molecule has 0 bridgehead atoms. The third kappa shape index (κ3) is 1.91. The maximum absolute atomic E-state index is 5.65. The third-order valence-corrected chi connectivity index (χ3v) is 2.44. The van der Waals surface area contributed by atoms with Gasteiger partial charge >= 0.3 is 0 Å². The minimum atomic E-state index is 0.341. The van der Waals surface area contributed by atoms with Crippen LogP contribution in [-0.2, 0) is 0 Å². The maximum atomic E-state index is 5.65. The molecule has 0 saturated carbocycles. The smallest absolute Gasteiger partial charge is 0.153 e. The van der Waals surface area contributed by atoms with E-state index < -0.39 is 0 Å². The topological polar surface area (TPSA) is 56.7 Å². The molecule has 0 spiro atoms. The van der Waals surface area contributed by atoms with Crippen LogP contribution in [0.15, 0.2) is 24.3 Å². The van der Waals surface area contributed by atoms with Crippen molar-refractivity contribution in [1.82, 2.24) is 14.8 Å². The number of benzene rings is 1. The molecule has 0 unspecified atom stereocenters. The van der Waals surface area contributed by atoms with E-state index in [0.717, 1.165) is 23.0 Å². The number of aromatic nitrogens is 3. The van der Waals surface area contributed by atoms with Gasteiger partial charge in [-0.05, 0) is 31.2 Å². The third-order valence-electron chi connectivity index (χ3n) is 2.44. The van der Waals surface area contributed by atoms with Gasteiger partial charge in [0.2, 0.25) is 0 Å². The van der Waals surface area contributed by atoms with Gasteiger partial charge < -0.3 is 5.73 Å². The van der Waals surface area contributed by atoms with E-state index >= 15 is 0 Å². The molecule has 0 saturated heterocycles. The first-order valence-corrected chi connectivity index (χ1v) is 5.37. The Morgan fingerprint density at radius 2 is 1.81 bits per heavy atom. The Bertz CT molecular complexity index is 482. The number of nitrogens with zero attached hydrogens (tertiary/aromatic N) is 3. The fraction of sp³-hybridized carbons (Fsp3) is 0.333. The van der Waals surface area contributed by atoms with Crippen molar-refractivity contribution < 1.29 is 0 Å². The predicted molar refractivity (Wildman–Crippen MR) is 64.6 cm³/mol. The molecule has 0 aliphatic rings. The monoisotopic (exact) mass is 216 g/mol. The van der Waals surface area contributed by atoms with Crippen LogP contribution in [0.4, 0.5) is 5.69 Å². The number of hydrogen-bond acceptors (Lipinski definition) is 3. The predicted octanol–water partition coefficient (Wildman–Crippen LogP) is 2.28. The number of anilines is 1. The van der Waals surface area contributed by atoms with Gasteiger partial charge in [-0.3, -0.25) is 0 Å². The summed E-state index contributed by atoms with van der Waals surface area (Å²) in [6.45, 7) is 6.12. The molecule has 0 aliphatic carbocycles. The minimum Gasteiger partial charge on any atom is -0.399 e. The molecule has 2 rings (SSSR count). The summed E-state index contributed by atoms with van der Waals surface area (Å²) in [4.78, 5) is 4.43. The first kappa shape index (κ1) is 10.7. The molecule has 4 nitrogen and oxygen atoms in total. The van der Waals surface area contributed by atoms with Crippen molar-refractivity contribution in [2.24, 2.45) is 0 Å². The fourth-order valence-electron chi connectivity index (χ4n) is 1.51. The summed E-state index contributed by atoms with van der Waals surface area (Å²) in [6, 6.07) is 7.62. The van der Waals surface area contributed by atoms with Gasteiger partial charge in [0.15, 0.2) is 5.82 Å². The second-order valence-corrected chi connectivity index (χ2v) is 4.18. The summed E-state index contributed by atoms with van der Waals surface area (Å²) in [5.41, 5.74) is 7.40. The lowest BCUT2D eigenvalue weighted by Gasteiger charge is -2.02. The van der Waals surface area contributed by atoms with Crippen LogP contribution in [-0.4, -0.2) is 14.8 Å². The highest BCUT2D eigenvalue weighted by molar-refractivity contribution is 5.44. The Hall–Kier alpha value is -1.84. The van der Waals surface area contributed by atoms with Crippen molar-refractivity contribution in [2.75, 3.05) is 5.73 Å². The lowest BCUT2D eigenvalue weighted by atomic mass is 10.2. The van der Waals surface area contributed by atoms with E-state index in [2.05, 4.69) is 23.9 Å². The second kappa shape index (κ2) is 3.96. The van der Waals surface area contributed by atoms with Gasteiger partial charge in [0.25, 0.3) is 0 Å². The van der Waals surface area contributed by atoms with Gasteiger partial charge in [-0.25, -0.2) is 9.67 Å². The summed E-state index contributed by atoms with van der Waals surface area (Å²) in [5, 5.41) is 4.47. The van der Waals surface area contributed by atoms with Gasteiger partial charge in [-0.15, -0.1) is 0 Å². The van der Waals surface area contributed by atoms with E-state index in [1.807, 2.05) is 35.9 Å². The normalized spacial score (nSPS) is 11.0. The number of nitrogen functional groups attached to an aromatic ring is 1. The Balaban J connectivity index is 2.44. The molecule has 2 aromatic rings. The first-order valence-electron chi connectivity index (χ1n) is 5.37.